The quantitative estimate of drug-likeness (QED) is 0.656. The molecule has 5 heteroatoms. The Hall–Kier alpha value is -3.60. The molecular weight excluding hydrogens is 376 g/mol. The van der Waals surface area contributed by atoms with Crippen molar-refractivity contribution in [1.82, 2.24) is 9.80 Å². The van der Waals surface area contributed by atoms with Crippen LogP contribution < -0.4 is 4.74 Å². The summed E-state index contributed by atoms with van der Waals surface area (Å²) < 4.78 is 5.68. The topological polar surface area (TPSA) is 49.9 Å². The Morgan fingerprint density at radius 2 is 1.20 bits per heavy atom. The number of carbonyl (C=O) groups excluding carboxylic acids is 2. The van der Waals surface area contributed by atoms with E-state index in [-0.39, 0.29) is 18.4 Å². The van der Waals surface area contributed by atoms with Gasteiger partial charge in [0.05, 0.1) is 0 Å². The fraction of sp³-hybridized carbons (Fsp3) is 0.200. The lowest BCUT2D eigenvalue weighted by Crippen LogP contribution is -2.51. The molecule has 0 radical (unpaired) electrons. The zero-order chi connectivity index (χ0) is 20.8. The molecule has 5 nitrogen and oxygen atoms in total. The molecule has 0 unspecified atom stereocenters. The molecule has 3 aromatic rings. The first-order chi connectivity index (χ1) is 14.7. The summed E-state index contributed by atoms with van der Waals surface area (Å²) in [6.45, 7) is 2.11. The molecule has 0 saturated carbocycles. The predicted molar refractivity (Wildman–Crippen MR) is 116 cm³/mol. The van der Waals surface area contributed by atoms with Crippen LogP contribution in [0.5, 0.6) is 5.75 Å². The summed E-state index contributed by atoms with van der Waals surface area (Å²) in [5, 5.41) is 0. The third kappa shape index (κ3) is 4.69. The van der Waals surface area contributed by atoms with Gasteiger partial charge in [-0.15, -0.1) is 0 Å². The molecule has 1 aliphatic rings. The van der Waals surface area contributed by atoms with E-state index < -0.39 is 0 Å². The summed E-state index contributed by atoms with van der Waals surface area (Å²) in [6.07, 6.45) is 0. The van der Waals surface area contributed by atoms with Crippen LogP contribution in [0.3, 0.4) is 0 Å². The largest absolute Gasteiger partial charge is 0.484 e. The lowest BCUT2D eigenvalue weighted by molar-refractivity contribution is -0.134. The number of amides is 2. The van der Waals surface area contributed by atoms with Gasteiger partial charge in [-0.2, -0.15) is 0 Å². The Morgan fingerprint density at radius 1 is 0.667 bits per heavy atom. The summed E-state index contributed by atoms with van der Waals surface area (Å²) in [7, 11) is 0. The molecule has 1 heterocycles. The van der Waals surface area contributed by atoms with Crippen LogP contribution in [0.2, 0.25) is 0 Å². The van der Waals surface area contributed by atoms with Gasteiger partial charge in [0.1, 0.15) is 5.75 Å². The highest BCUT2D eigenvalue weighted by Crippen LogP contribution is 2.22. The van der Waals surface area contributed by atoms with E-state index in [1.165, 1.54) is 0 Å². The molecule has 0 spiro atoms. The SMILES string of the molecule is O=C(COc1ccc(-c2ccccc2)cc1)N1CCN(C(=O)c2ccccc2)CC1. The Kier molecular flexibility index (Phi) is 6.09. The van der Waals surface area contributed by atoms with Crippen molar-refractivity contribution in [2.24, 2.45) is 0 Å². The first-order valence-corrected chi connectivity index (χ1v) is 10.1. The van der Waals surface area contributed by atoms with Crippen LogP contribution in [0.25, 0.3) is 11.1 Å². The van der Waals surface area contributed by atoms with Crippen LogP contribution in [0.15, 0.2) is 84.9 Å². The van der Waals surface area contributed by atoms with Crippen LogP contribution in [0.1, 0.15) is 10.4 Å². The molecule has 1 aliphatic heterocycles. The van der Waals surface area contributed by atoms with Gasteiger partial charge in [-0.05, 0) is 35.4 Å². The predicted octanol–water partition coefficient (Wildman–Crippen LogP) is 3.72. The third-order valence-corrected chi connectivity index (χ3v) is 5.26. The average molecular weight is 400 g/mol. The van der Waals surface area contributed by atoms with Gasteiger partial charge < -0.3 is 14.5 Å². The molecule has 0 bridgehead atoms. The molecule has 0 N–H and O–H groups in total. The second-order valence-electron chi connectivity index (χ2n) is 7.22. The molecule has 2 amide bonds. The Morgan fingerprint density at radius 3 is 1.83 bits per heavy atom. The Balaban J connectivity index is 1.26. The van der Waals surface area contributed by atoms with Crippen LogP contribution in [0.4, 0.5) is 0 Å². The van der Waals surface area contributed by atoms with E-state index in [0.717, 1.165) is 11.1 Å². The summed E-state index contributed by atoms with van der Waals surface area (Å²) in [5.41, 5.74) is 2.93. The lowest BCUT2D eigenvalue weighted by Gasteiger charge is -2.34. The maximum Gasteiger partial charge on any atom is 0.260 e. The highest BCUT2D eigenvalue weighted by atomic mass is 16.5. The summed E-state index contributed by atoms with van der Waals surface area (Å²) >= 11 is 0. The van der Waals surface area contributed by atoms with E-state index in [2.05, 4.69) is 12.1 Å². The third-order valence-electron chi connectivity index (χ3n) is 5.26. The normalized spacial score (nSPS) is 13.7. The van der Waals surface area contributed by atoms with E-state index in [9.17, 15) is 9.59 Å². The zero-order valence-electron chi connectivity index (χ0n) is 16.7. The second-order valence-corrected chi connectivity index (χ2v) is 7.22. The zero-order valence-corrected chi connectivity index (χ0v) is 16.7. The van der Waals surface area contributed by atoms with Gasteiger partial charge in [-0.3, -0.25) is 9.59 Å². The van der Waals surface area contributed by atoms with E-state index >= 15 is 0 Å². The van der Waals surface area contributed by atoms with Crippen molar-refractivity contribution in [3.63, 3.8) is 0 Å². The van der Waals surface area contributed by atoms with Gasteiger partial charge in [0.25, 0.3) is 11.8 Å². The summed E-state index contributed by atoms with van der Waals surface area (Å²) in [5.74, 6) is 0.618. The smallest absolute Gasteiger partial charge is 0.260 e. The number of hydrogen-bond acceptors (Lipinski definition) is 3. The molecule has 30 heavy (non-hydrogen) atoms. The maximum absolute atomic E-state index is 12.5. The first kappa shape index (κ1) is 19.7. The van der Waals surface area contributed by atoms with Crippen LogP contribution in [-0.4, -0.2) is 54.4 Å². The van der Waals surface area contributed by atoms with Crippen molar-refractivity contribution in [3.05, 3.63) is 90.5 Å². The van der Waals surface area contributed by atoms with E-state index in [1.54, 1.807) is 9.80 Å². The average Bonchev–Trinajstić information content (AvgIpc) is 2.83. The van der Waals surface area contributed by atoms with E-state index in [0.29, 0.717) is 37.5 Å². The number of rotatable bonds is 5. The molecule has 152 valence electrons. The van der Waals surface area contributed by atoms with Crippen LogP contribution in [-0.2, 0) is 4.79 Å². The van der Waals surface area contributed by atoms with Gasteiger partial charge in [0, 0.05) is 31.7 Å². The van der Waals surface area contributed by atoms with Crippen molar-refractivity contribution in [3.8, 4) is 16.9 Å². The van der Waals surface area contributed by atoms with Gasteiger partial charge in [0.2, 0.25) is 0 Å². The monoisotopic (exact) mass is 400 g/mol. The van der Waals surface area contributed by atoms with Crippen molar-refractivity contribution < 1.29 is 14.3 Å². The first-order valence-electron chi connectivity index (χ1n) is 10.1. The molecule has 0 atom stereocenters. The minimum atomic E-state index is -0.0612. The van der Waals surface area contributed by atoms with Crippen molar-refractivity contribution in [2.45, 2.75) is 0 Å². The lowest BCUT2D eigenvalue weighted by atomic mass is 10.1. The van der Waals surface area contributed by atoms with Gasteiger partial charge >= 0.3 is 0 Å². The van der Waals surface area contributed by atoms with Crippen LogP contribution >= 0.6 is 0 Å². The Labute approximate surface area is 176 Å². The van der Waals surface area contributed by atoms with Gasteiger partial charge in [-0.25, -0.2) is 0 Å². The highest BCUT2D eigenvalue weighted by molar-refractivity contribution is 5.94. The molecule has 0 aliphatic carbocycles. The van der Waals surface area contributed by atoms with Crippen LogP contribution in [0, 0.1) is 0 Å². The molecule has 3 aromatic carbocycles. The number of nitrogens with zero attached hydrogens (tertiary/aromatic N) is 2. The fourth-order valence-electron chi connectivity index (χ4n) is 3.53. The number of ether oxygens (including phenoxy) is 1. The molecule has 1 saturated heterocycles. The minimum Gasteiger partial charge on any atom is -0.484 e. The van der Waals surface area contributed by atoms with Crippen molar-refractivity contribution in [2.75, 3.05) is 32.8 Å². The van der Waals surface area contributed by atoms with Gasteiger partial charge in [-0.1, -0.05) is 60.7 Å². The fourth-order valence-corrected chi connectivity index (χ4v) is 3.53. The molecule has 4 rings (SSSR count). The maximum atomic E-state index is 12.5. The number of hydrogen-bond donors (Lipinski definition) is 0. The van der Waals surface area contributed by atoms with Crippen molar-refractivity contribution in [1.29, 1.82) is 0 Å². The second kappa shape index (κ2) is 9.27. The van der Waals surface area contributed by atoms with E-state index in [4.69, 9.17) is 4.74 Å². The number of benzene rings is 3. The van der Waals surface area contributed by atoms with Gasteiger partial charge in [0.15, 0.2) is 6.61 Å². The summed E-state index contributed by atoms with van der Waals surface area (Å²) in [6, 6.07) is 27.1. The number of carbonyl (C=O) groups is 2. The molecule has 1 fully saturated rings. The standard InChI is InChI=1S/C25H24N2O3/c28-24(19-30-23-13-11-21(12-14-23)20-7-3-1-4-8-20)26-15-17-27(18-16-26)25(29)22-9-5-2-6-10-22/h1-14H,15-19H2. The number of piperazine rings is 1. The summed E-state index contributed by atoms with van der Waals surface area (Å²) in [4.78, 5) is 28.6. The molecular formula is C25H24N2O3. The molecule has 0 aromatic heterocycles. The highest BCUT2D eigenvalue weighted by Gasteiger charge is 2.24. The van der Waals surface area contributed by atoms with Crippen molar-refractivity contribution >= 4 is 11.8 Å². The minimum absolute atomic E-state index is 0.00266. The van der Waals surface area contributed by atoms with E-state index in [1.807, 2.05) is 72.8 Å². The Bertz CT molecular complexity index is 980.